The highest BCUT2D eigenvalue weighted by Crippen LogP contribution is 2.69. The van der Waals surface area contributed by atoms with Crippen molar-refractivity contribution < 1.29 is 14.2 Å². The Hall–Kier alpha value is -0.120. The van der Waals surface area contributed by atoms with Crippen molar-refractivity contribution in [2.75, 3.05) is 6.61 Å². The minimum Gasteiger partial charge on any atom is -0.323 e. The van der Waals surface area contributed by atoms with Gasteiger partial charge in [0.05, 0.1) is 6.61 Å². The molecule has 2 fully saturated rings. The molecule has 0 aromatic heterocycles. The van der Waals surface area contributed by atoms with Crippen molar-refractivity contribution in [3.63, 3.8) is 0 Å². The Balaban J connectivity index is 1.79. The fraction of sp³-hybridized carbons (Fsp3) is 1.00. The summed E-state index contributed by atoms with van der Waals surface area (Å²) in [5.41, 5.74) is 0. The Morgan fingerprint density at radius 1 is 1.30 bits per heavy atom. The molecule has 2 rings (SSSR count). The predicted octanol–water partition coefficient (Wildman–Crippen LogP) is 1.23. The second-order valence-corrected chi connectivity index (χ2v) is 2.72. The lowest BCUT2D eigenvalue weighted by atomic mass is 10.3. The molecule has 0 radical (unpaired) electrons. The molecule has 0 saturated carbocycles. The summed E-state index contributed by atoms with van der Waals surface area (Å²) in [6.45, 7) is 4.82. The SMILES string of the molecule is CCCOC12OC1(CC)O2. The van der Waals surface area contributed by atoms with Crippen LogP contribution in [0.4, 0.5) is 0 Å². The van der Waals surface area contributed by atoms with Gasteiger partial charge in [-0.1, -0.05) is 13.8 Å². The minimum atomic E-state index is -0.586. The van der Waals surface area contributed by atoms with Gasteiger partial charge in [-0.15, -0.1) is 0 Å². The highest BCUT2D eigenvalue weighted by Gasteiger charge is 2.92. The lowest BCUT2D eigenvalue weighted by Gasteiger charge is -1.99. The van der Waals surface area contributed by atoms with Gasteiger partial charge in [-0.25, -0.2) is 0 Å². The molecular formula is C7H12O3. The molecule has 0 spiro atoms. The van der Waals surface area contributed by atoms with Crippen LogP contribution in [0.2, 0.25) is 0 Å². The molecule has 3 nitrogen and oxygen atoms in total. The summed E-state index contributed by atoms with van der Waals surface area (Å²) in [4.78, 5) is 0. The molecule has 58 valence electrons. The Morgan fingerprint density at radius 3 is 2.40 bits per heavy atom. The van der Waals surface area contributed by atoms with Crippen LogP contribution in [0.25, 0.3) is 0 Å². The summed E-state index contributed by atoms with van der Waals surface area (Å²) in [6.07, 6.45) is 1.89. The van der Waals surface area contributed by atoms with Crippen LogP contribution in [-0.4, -0.2) is 18.4 Å². The molecule has 0 amide bonds. The number of rotatable bonds is 4. The Bertz CT molecular complexity index is 149. The first-order valence-electron chi connectivity index (χ1n) is 3.83. The summed E-state index contributed by atoms with van der Waals surface area (Å²) in [6, 6.07) is 0. The van der Waals surface area contributed by atoms with Crippen LogP contribution in [-0.2, 0) is 14.2 Å². The number of hydrogen-bond acceptors (Lipinski definition) is 3. The van der Waals surface area contributed by atoms with Crippen molar-refractivity contribution >= 4 is 0 Å². The smallest absolute Gasteiger partial charge is 0.323 e. The van der Waals surface area contributed by atoms with Crippen molar-refractivity contribution in [3.8, 4) is 0 Å². The van der Waals surface area contributed by atoms with E-state index in [1.165, 1.54) is 0 Å². The zero-order chi connectivity index (χ0) is 7.24. The van der Waals surface area contributed by atoms with E-state index < -0.39 is 5.97 Å². The average molecular weight is 144 g/mol. The maximum absolute atomic E-state index is 5.31. The zero-order valence-corrected chi connectivity index (χ0v) is 6.35. The van der Waals surface area contributed by atoms with Gasteiger partial charge in [0.25, 0.3) is 5.79 Å². The van der Waals surface area contributed by atoms with Crippen molar-refractivity contribution in [1.29, 1.82) is 0 Å². The minimum absolute atomic E-state index is 0.317. The number of epoxide rings is 2. The molecular weight excluding hydrogens is 132 g/mol. The second-order valence-electron chi connectivity index (χ2n) is 2.72. The molecule has 0 bridgehead atoms. The van der Waals surface area contributed by atoms with Crippen LogP contribution in [0, 0.1) is 0 Å². The van der Waals surface area contributed by atoms with Crippen molar-refractivity contribution in [3.05, 3.63) is 0 Å². The summed E-state index contributed by atoms with van der Waals surface area (Å²) < 4.78 is 15.7. The van der Waals surface area contributed by atoms with Crippen LogP contribution in [0.1, 0.15) is 26.7 Å². The third-order valence-corrected chi connectivity index (χ3v) is 1.94. The van der Waals surface area contributed by atoms with Gasteiger partial charge in [0, 0.05) is 6.42 Å². The summed E-state index contributed by atoms with van der Waals surface area (Å²) >= 11 is 0. The van der Waals surface area contributed by atoms with Gasteiger partial charge in [0.2, 0.25) is 0 Å². The van der Waals surface area contributed by atoms with E-state index in [1.807, 2.05) is 6.92 Å². The molecule has 0 aliphatic carbocycles. The lowest BCUT2D eigenvalue weighted by molar-refractivity contribution is -0.212. The standard InChI is InChI=1S/C7H12O3/c1-3-5-8-7-6(4-2,9-7)10-7/h3-5H2,1-2H3. The molecule has 2 aliphatic heterocycles. The van der Waals surface area contributed by atoms with Gasteiger partial charge >= 0.3 is 5.97 Å². The van der Waals surface area contributed by atoms with E-state index in [-0.39, 0.29) is 5.79 Å². The summed E-state index contributed by atoms with van der Waals surface area (Å²) in [7, 11) is 0. The first kappa shape index (κ1) is 6.58. The number of fused-ring (bicyclic) bond motifs is 1. The van der Waals surface area contributed by atoms with Gasteiger partial charge in [-0.2, -0.15) is 0 Å². The summed E-state index contributed by atoms with van der Waals surface area (Å²) in [5.74, 6) is -0.903. The monoisotopic (exact) mass is 144 g/mol. The molecule has 3 heteroatoms. The predicted molar refractivity (Wildman–Crippen MR) is 34.2 cm³/mol. The summed E-state index contributed by atoms with van der Waals surface area (Å²) in [5, 5.41) is 0. The molecule has 2 aliphatic rings. The maximum Gasteiger partial charge on any atom is 0.346 e. The van der Waals surface area contributed by atoms with E-state index in [2.05, 4.69) is 6.92 Å². The van der Waals surface area contributed by atoms with Crippen molar-refractivity contribution in [2.45, 2.75) is 38.4 Å². The van der Waals surface area contributed by atoms with Crippen LogP contribution < -0.4 is 0 Å². The quantitative estimate of drug-likeness (QED) is 0.556. The second kappa shape index (κ2) is 1.72. The number of hydrogen-bond donors (Lipinski definition) is 0. The van der Waals surface area contributed by atoms with Crippen molar-refractivity contribution in [1.82, 2.24) is 0 Å². The third kappa shape index (κ3) is 0.603. The number of ether oxygens (including phenoxy) is 3. The Labute approximate surface area is 60.3 Å². The van der Waals surface area contributed by atoms with Gasteiger partial charge < -0.3 is 4.74 Å². The first-order chi connectivity index (χ1) is 4.79. The highest BCUT2D eigenvalue weighted by atomic mass is 17.2. The molecule has 2 heterocycles. The fourth-order valence-corrected chi connectivity index (χ4v) is 1.16. The van der Waals surface area contributed by atoms with E-state index in [9.17, 15) is 0 Å². The topological polar surface area (TPSA) is 34.3 Å². The van der Waals surface area contributed by atoms with Crippen LogP contribution >= 0.6 is 0 Å². The van der Waals surface area contributed by atoms with Gasteiger partial charge in [0.1, 0.15) is 0 Å². The third-order valence-electron chi connectivity index (χ3n) is 1.94. The average Bonchev–Trinajstić information content (AvgIpc) is 2.68. The van der Waals surface area contributed by atoms with Crippen LogP contribution in [0.5, 0.6) is 0 Å². The molecule has 0 atom stereocenters. The maximum atomic E-state index is 5.31. The zero-order valence-electron chi connectivity index (χ0n) is 6.35. The van der Waals surface area contributed by atoms with Gasteiger partial charge in [-0.3, -0.25) is 9.47 Å². The van der Waals surface area contributed by atoms with E-state index in [0.717, 1.165) is 19.4 Å². The molecule has 2 saturated heterocycles. The fourth-order valence-electron chi connectivity index (χ4n) is 1.16. The lowest BCUT2D eigenvalue weighted by Crippen LogP contribution is -2.05. The largest absolute Gasteiger partial charge is 0.346 e. The van der Waals surface area contributed by atoms with Gasteiger partial charge in [-0.05, 0) is 6.42 Å². The molecule has 0 aromatic carbocycles. The normalized spacial score (nSPS) is 48.6. The van der Waals surface area contributed by atoms with Gasteiger partial charge in [0.15, 0.2) is 0 Å². The van der Waals surface area contributed by atoms with E-state index in [4.69, 9.17) is 14.2 Å². The molecule has 0 unspecified atom stereocenters. The van der Waals surface area contributed by atoms with Crippen LogP contribution in [0.3, 0.4) is 0 Å². The Morgan fingerprint density at radius 2 is 2.00 bits per heavy atom. The first-order valence-corrected chi connectivity index (χ1v) is 3.83. The highest BCUT2D eigenvalue weighted by molar-refractivity contribution is 5.10. The molecule has 0 N–H and O–H groups in total. The van der Waals surface area contributed by atoms with E-state index in [1.54, 1.807) is 0 Å². The van der Waals surface area contributed by atoms with E-state index in [0.29, 0.717) is 0 Å². The van der Waals surface area contributed by atoms with Crippen molar-refractivity contribution in [2.24, 2.45) is 0 Å². The van der Waals surface area contributed by atoms with Crippen LogP contribution in [0.15, 0.2) is 0 Å². The Kier molecular flexibility index (Phi) is 1.14. The van der Waals surface area contributed by atoms with E-state index >= 15 is 0 Å². The molecule has 10 heavy (non-hydrogen) atoms. The molecule has 0 aromatic rings.